The number of carboxylic acids is 1. The summed E-state index contributed by atoms with van der Waals surface area (Å²) in [4.78, 5) is 15.9. The van der Waals surface area contributed by atoms with Crippen molar-refractivity contribution in [3.05, 3.63) is 93.2 Å². The summed E-state index contributed by atoms with van der Waals surface area (Å²) in [7, 11) is 0. The monoisotopic (exact) mass is 548 g/mol. The topological polar surface area (TPSA) is 64.4 Å². The third-order valence-corrected chi connectivity index (χ3v) is 6.99. The van der Waals surface area contributed by atoms with Crippen LogP contribution in [0.4, 0.5) is 0 Å². The number of carboxylic acid groups (broad SMARTS) is 1. The maximum atomic E-state index is 11.0. The molecule has 188 valence electrons. The first kappa shape index (κ1) is 26.0. The van der Waals surface area contributed by atoms with E-state index in [4.69, 9.17) is 14.8 Å². The van der Waals surface area contributed by atoms with Crippen LogP contribution in [0.5, 0.6) is 5.75 Å². The van der Waals surface area contributed by atoms with E-state index in [-0.39, 0.29) is 6.42 Å². The van der Waals surface area contributed by atoms with E-state index in [1.165, 1.54) is 5.56 Å². The summed E-state index contributed by atoms with van der Waals surface area (Å²) in [6.45, 7) is 5.46. The molecule has 0 aliphatic carbocycles. The summed E-state index contributed by atoms with van der Waals surface area (Å²) in [6.07, 6.45) is 4.74. The summed E-state index contributed by atoms with van der Waals surface area (Å²) in [5.74, 6) is 1.20. The van der Waals surface area contributed by atoms with Crippen LogP contribution < -0.4 is 4.74 Å². The number of carbonyl (C=O) groups is 1. The Labute approximate surface area is 221 Å². The number of hydrogen-bond donors (Lipinski definition) is 1. The zero-order valence-electron chi connectivity index (χ0n) is 21.0. The van der Waals surface area contributed by atoms with Gasteiger partial charge in [0.1, 0.15) is 18.2 Å². The molecule has 0 saturated carbocycles. The van der Waals surface area contributed by atoms with E-state index in [2.05, 4.69) is 70.7 Å². The predicted molar refractivity (Wildman–Crippen MR) is 148 cm³/mol. The van der Waals surface area contributed by atoms with Crippen LogP contribution in [0.15, 0.2) is 65.1 Å². The van der Waals surface area contributed by atoms with Gasteiger partial charge >= 0.3 is 5.97 Å². The van der Waals surface area contributed by atoms with Crippen LogP contribution in [0.1, 0.15) is 61.2 Å². The Morgan fingerprint density at radius 1 is 1.00 bits per heavy atom. The number of halogens is 1. The molecule has 36 heavy (non-hydrogen) atoms. The molecule has 3 aromatic carbocycles. The number of rotatable bonds is 12. The predicted octanol–water partition coefficient (Wildman–Crippen LogP) is 7.35. The second-order valence-corrected chi connectivity index (χ2v) is 10.0. The number of benzene rings is 3. The van der Waals surface area contributed by atoms with Crippen LogP contribution in [0.3, 0.4) is 0 Å². The van der Waals surface area contributed by atoms with Crippen molar-refractivity contribution < 1.29 is 14.6 Å². The highest BCUT2D eigenvalue weighted by molar-refractivity contribution is 9.10. The maximum absolute atomic E-state index is 11.0. The van der Waals surface area contributed by atoms with Crippen molar-refractivity contribution >= 4 is 32.9 Å². The van der Waals surface area contributed by atoms with E-state index >= 15 is 0 Å². The molecule has 0 radical (unpaired) electrons. The zero-order chi connectivity index (χ0) is 25.5. The fourth-order valence-electron chi connectivity index (χ4n) is 4.55. The number of aliphatic carboxylic acids is 1. The Morgan fingerprint density at radius 2 is 1.83 bits per heavy atom. The molecule has 0 amide bonds. The number of fused-ring (bicyclic) bond motifs is 1. The number of para-hydroxylation sites is 1. The van der Waals surface area contributed by atoms with E-state index in [9.17, 15) is 4.79 Å². The molecule has 4 aromatic rings. The van der Waals surface area contributed by atoms with E-state index < -0.39 is 5.97 Å². The Hall–Kier alpha value is -3.12. The van der Waals surface area contributed by atoms with Gasteiger partial charge < -0.3 is 14.4 Å². The second-order valence-electron chi connectivity index (χ2n) is 9.10. The maximum Gasteiger partial charge on any atom is 0.303 e. The third-order valence-electron chi connectivity index (χ3n) is 6.50. The highest BCUT2D eigenvalue weighted by Crippen LogP contribution is 2.27. The van der Waals surface area contributed by atoms with Gasteiger partial charge in [-0.05, 0) is 60.2 Å². The quantitative estimate of drug-likeness (QED) is 0.201. The largest absolute Gasteiger partial charge is 0.489 e. The second kappa shape index (κ2) is 12.2. The van der Waals surface area contributed by atoms with Crippen molar-refractivity contribution in [1.29, 1.82) is 0 Å². The van der Waals surface area contributed by atoms with E-state index in [1.54, 1.807) is 0 Å². The van der Waals surface area contributed by atoms with Gasteiger partial charge in [-0.15, -0.1) is 0 Å². The Morgan fingerprint density at radius 3 is 2.61 bits per heavy atom. The number of aryl methyl sites for hydroxylation is 3. The van der Waals surface area contributed by atoms with Crippen LogP contribution >= 0.6 is 15.9 Å². The van der Waals surface area contributed by atoms with Crippen molar-refractivity contribution in [2.75, 3.05) is 0 Å². The third kappa shape index (κ3) is 6.35. The first-order valence-corrected chi connectivity index (χ1v) is 13.5. The molecule has 6 heteroatoms. The van der Waals surface area contributed by atoms with Gasteiger partial charge in [0.2, 0.25) is 0 Å². The minimum absolute atomic E-state index is 0.149. The van der Waals surface area contributed by atoms with Gasteiger partial charge in [-0.25, -0.2) is 4.98 Å². The molecule has 0 saturated heterocycles. The lowest BCUT2D eigenvalue weighted by Crippen LogP contribution is -2.08. The molecule has 0 fully saturated rings. The molecule has 0 unspecified atom stereocenters. The lowest BCUT2D eigenvalue weighted by Gasteiger charge is -2.15. The molecule has 0 aliphatic rings. The fraction of sp³-hybridized carbons (Fsp3) is 0.333. The van der Waals surface area contributed by atoms with Gasteiger partial charge in [0.15, 0.2) is 0 Å². The van der Waals surface area contributed by atoms with Crippen LogP contribution in [-0.2, 0) is 37.2 Å². The average molecular weight is 550 g/mol. The van der Waals surface area contributed by atoms with Crippen molar-refractivity contribution in [2.24, 2.45) is 0 Å². The number of unbranched alkanes of at least 4 members (excludes halogenated alkanes) is 1. The molecule has 1 aromatic heterocycles. The highest BCUT2D eigenvalue weighted by Gasteiger charge is 2.14. The van der Waals surface area contributed by atoms with Crippen LogP contribution in [0, 0.1) is 0 Å². The molecule has 0 spiro atoms. The number of imidazole rings is 1. The molecule has 0 bridgehead atoms. The highest BCUT2D eigenvalue weighted by atomic mass is 79.9. The van der Waals surface area contributed by atoms with Crippen LogP contribution in [0.25, 0.3) is 11.0 Å². The van der Waals surface area contributed by atoms with Gasteiger partial charge in [0.25, 0.3) is 0 Å². The smallest absolute Gasteiger partial charge is 0.303 e. The number of nitrogens with zero attached hydrogens (tertiary/aromatic N) is 2. The fourth-order valence-corrected chi connectivity index (χ4v) is 4.89. The van der Waals surface area contributed by atoms with Crippen molar-refractivity contribution in [2.45, 2.75) is 65.5 Å². The van der Waals surface area contributed by atoms with Crippen molar-refractivity contribution in [3.8, 4) is 5.75 Å². The number of hydrogen-bond acceptors (Lipinski definition) is 3. The van der Waals surface area contributed by atoms with E-state index in [1.807, 2.05) is 24.3 Å². The molecule has 0 aliphatic heterocycles. The van der Waals surface area contributed by atoms with E-state index in [0.717, 1.165) is 69.5 Å². The molecule has 1 N–H and O–H groups in total. The van der Waals surface area contributed by atoms with E-state index in [0.29, 0.717) is 19.6 Å². The minimum atomic E-state index is -0.766. The van der Waals surface area contributed by atoms with Gasteiger partial charge in [-0.3, -0.25) is 4.79 Å². The number of aromatic nitrogens is 2. The van der Waals surface area contributed by atoms with Gasteiger partial charge in [0, 0.05) is 22.9 Å². The summed E-state index contributed by atoms with van der Waals surface area (Å²) < 4.78 is 9.67. The lowest BCUT2D eigenvalue weighted by molar-refractivity contribution is -0.136. The summed E-state index contributed by atoms with van der Waals surface area (Å²) in [6, 6.07) is 20.7. The molecular formula is C30H33BrN2O3. The summed E-state index contributed by atoms with van der Waals surface area (Å²) in [5, 5.41) is 9.02. The van der Waals surface area contributed by atoms with Crippen LogP contribution in [0.2, 0.25) is 0 Å². The Balaban J connectivity index is 1.55. The normalized spacial score (nSPS) is 11.2. The van der Waals surface area contributed by atoms with Gasteiger partial charge in [-0.2, -0.15) is 0 Å². The summed E-state index contributed by atoms with van der Waals surface area (Å²) >= 11 is 3.57. The molecular weight excluding hydrogens is 516 g/mol. The first-order valence-electron chi connectivity index (χ1n) is 12.7. The van der Waals surface area contributed by atoms with Crippen LogP contribution in [-0.4, -0.2) is 20.6 Å². The van der Waals surface area contributed by atoms with Gasteiger partial charge in [0.05, 0.1) is 17.6 Å². The SMILES string of the molecule is CCCCc1nc2cc(Br)ccc2n1Cc1ccccc1OCc1ccc(CCC(=O)O)c(CC)c1. The van der Waals surface area contributed by atoms with Crippen molar-refractivity contribution in [3.63, 3.8) is 0 Å². The first-order chi connectivity index (χ1) is 17.5. The zero-order valence-corrected chi connectivity index (χ0v) is 22.6. The van der Waals surface area contributed by atoms with Gasteiger partial charge in [-0.1, -0.05) is 72.6 Å². The Kier molecular flexibility index (Phi) is 8.81. The minimum Gasteiger partial charge on any atom is -0.489 e. The molecule has 0 atom stereocenters. The Bertz CT molecular complexity index is 1350. The standard InChI is InChI=1S/C30H33BrN2O3/c1-3-5-10-29-32-26-18-25(31)14-15-27(26)33(29)19-24-8-6-7-9-28(24)36-20-21-11-12-23(13-16-30(34)35)22(4-2)17-21/h6-9,11-12,14-15,17-18H,3-5,10,13,16,19-20H2,1-2H3,(H,34,35). The average Bonchev–Trinajstić information content (AvgIpc) is 3.21. The lowest BCUT2D eigenvalue weighted by atomic mass is 9.98. The number of ether oxygens (including phenoxy) is 1. The molecule has 5 nitrogen and oxygen atoms in total. The molecule has 1 heterocycles. The molecule has 4 rings (SSSR count). The summed E-state index contributed by atoms with van der Waals surface area (Å²) in [5.41, 5.74) is 6.62. The van der Waals surface area contributed by atoms with Crippen molar-refractivity contribution in [1.82, 2.24) is 9.55 Å².